The molecule has 494 valence electrons. The minimum absolute atomic E-state index is 0.0244. The average Bonchev–Trinajstić information content (AvgIpc) is 3.49. The van der Waals surface area contributed by atoms with Crippen molar-refractivity contribution < 1.29 is 24.5 Å². The van der Waals surface area contributed by atoms with Gasteiger partial charge in [0, 0.05) is 12.8 Å². The third-order valence-electron chi connectivity index (χ3n) is 18.3. The fourth-order valence-electron chi connectivity index (χ4n) is 12.5. The highest BCUT2D eigenvalue weighted by Crippen LogP contribution is 2.20. The molecule has 0 aromatic heterocycles. The molecule has 0 saturated carbocycles. The van der Waals surface area contributed by atoms with Crippen molar-refractivity contribution in [3.05, 3.63) is 12.2 Å². The third-order valence-corrected chi connectivity index (χ3v) is 18.3. The van der Waals surface area contributed by atoms with Crippen molar-refractivity contribution in [3.63, 3.8) is 0 Å². The molecular weight excluding hydrogens is 1020 g/mol. The number of unbranched alkanes of at least 4 members (excludes halogenated alkanes) is 62. The second-order valence-corrected chi connectivity index (χ2v) is 26.7. The van der Waals surface area contributed by atoms with Gasteiger partial charge in [0.15, 0.2) is 0 Å². The van der Waals surface area contributed by atoms with Crippen molar-refractivity contribution in [2.45, 2.75) is 456 Å². The van der Waals surface area contributed by atoms with E-state index in [2.05, 4.69) is 19.2 Å². The summed E-state index contributed by atoms with van der Waals surface area (Å²) in [5, 5.41) is 23.3. The van der Waals surface area contributed by atoms with Crippen molar-refractivity contribution in [2.75, 3.05) is 13.2 Å². The summed E-state index contributed by atoms with van der Waals surface area (Å²) in [6, 6.07) is -0.625. The van der Waals surface area contributed by atoms with Crippen LogP contribution < -0.4 is 5.32 Å². The normalized spacial score (nSPS) is 12.5. The monoisotopic (exact) mass is 1170 g/mol. The quantitative estimate of drug-likeness (QED) is 0.0320. The van der Waals surface area contributed by atoms with Gasteiger partial charge in [0.05, 0.1) is 25.4 Å². The van der Waals surface area contributed by atoms with E-state index in [9.17, 15) is 19.8 Å². The average molecular weight is 1170 g/mol. The summed E-state index contributed by atoms with van der Waals surface area (Å²) in [6.45, 7) is 4.96. The lowest BCUT2D eigenvalue weighted by molar-refractivity contribution is -0.143. The van der Waals surface area contributed by atoms with Crippen LogP contribution in [0.5, 0.6) is 0 Å². The first-order valence-electron chi connectivity index (χ1n) is 38.5. The van der Waals surface area contributed by atoms with E-state index in [1.165, 1.54) is 379 Å². The molecule has 0 spiro atoms. The Balaban J connectivity index is 3.34. The molecule has 0 radical (unpaired) electrons. The first kappa shape index (κ1) is 81.6. The van der Waals surface area contributed by atoms with Crippen molar-refractivity contribution in [2.24, 2.45) is 0 Å². The fraction of sp³-hybridized carbons (Fsp3) is 0.948. The van der Waals surface area contributed by atoms with E-state index in [1.54, 1.807) is 6.08 Å². The number of rotatable bonds is 73. The Kier molecular flexibility index (Phi) is 71.8. The molecule has 0 aliphatic heterocycles. The van der Waals surface area contributed by atoms with Gasteiger partial charge >= 0.3 is 5.97 Å². The zero-order valence-electron chi connectivity index (χ0n) is 56.7. The highest BCUT2D eigenvalue weighted by molar-refractivity contribution is 5.76. The fourth-order valence-corrected chi connectivity index (χ4v) is 12.5. The molecule has 83 heavy (non-hydrogen) atoms. The van der Waals surface area contributed by atoms with Crippen LogP contribution in [0.3, 0.4) is 0 Å². The van der Waals surface area contributed by atoms with Crippen LogP contribution in [0.25, 0.3) is 0 Å². The Bertz CT molecular complexity index is 1260. The number of allylic oxidation sites excluding steroid dienone is 1. The second-order valence-electron chi connectivity index (χ2n) is 26.7. The maximum atomic E-state index is 12.5. The van der Waals surface area contributed by atoms with Gasteiger partial charge in [0.2, 0.25) is 5.91 Å². The van der Waals surface area contributed by atoms with Crippen LogP contribution in [0.15, 0.2) is 12.2 Å². The molecule has 0 heterocycles. The summed E-state index contributed by atoms with van der Waals surface area (Å²) in [7, 11) is 0. The molecule has 0 bridgehead atoms. The highest BCUT2D eigenvalue weighted by atomic mass is 16.5. The van der Waals surface area contributed by atoms with E-state index >= 15 is 0 Å². The van der Waals surface area contributed by atoms with E-state index in [4.69, 9.17) is 4.74 Å². The summed E-state index contributed by atoms with van der Waals surface area (Å²) in [6.07, 6.45) is 91.8. The highest BCUT2D eigenvalue weighted by Gasteiger charge is 2.18. The number of hydrogen-bond acceptors (Lipinski definition) is 5. The third kappa shape index (κ3) is 69.6. The Morgan fingerprint density at radius 1 is 0.325 bits per heavy atom. The Morgan fingerprint density at radius 2 is 0.554 bits per heavy atom. The van der Waals surface area contributed by atoms with Gasteiger partial charge in [-0.25, -0.2) is 0 Å². The number of nitrogens with one attached hydrogen (secondary N) is 1. The van der Waals surface area contributed by atoms with Gasteiger partial charge in [-0.2, -0.15) is 0 Å². The van der Waals surface area contributed by atoms with Crippen molar-refractivity contribution in [3.8, 4) is 0 Å². The number of ether oxygens (including phenoxy) is 1. The summed E-state index contributed by atoms with van der Waals surface area (Å²) in [5.74, 6) is -0.0352. The van der Waals surface area contributed by atoms with Crippen molar-refractivity contribution in [1.29, 1.82) is 0 Å². The van der Waals surface area contributed by atoms with Gasteiger partial charge in [0.1, 0.15) is 0 Å². The predicted octanol–water partition coefficient (Wildman–Crippen LogP) is 25.1. The van der Waals surface area contributed by atoms with E-state index in [0.29, 0.717) is 19.4 Å². The second kappa shape index (κ2) is 73.1. The van der Waals surface area contributed by atoms with E-state index in [1.807, 2.05) is 6.08 Å². The first-order chi connectivity index (χ1) is 41.0. The lowest BCUT2D eigenvalue weighted by Gasteiger charge is -2.20. The SMILES string of the molecule is CCCCCCCCCCCCCCCCCCCC/C=C/C(O)C(CO)NC(=O)CCCCCCCCCCCCCCCCCCCCCCCCCCCCCCCOC(=O)CCCCCCCCCCCCCCCCCCC. The molecule has 0 rings (SSSR count). The number of carbonyl (C=O) groups is 2. The van der Waals surface area contributed by atoms with Gasteiger partial charge in [-0.1, -0.05) is 411 Å². The maximum Gasteiger partial charge on any atom is 0.305 e. The van der Waals surface area contributed by atoms with Crippen molar-refractivity contribution >= 4 is 11.9 Å². The van der Waals surface area contributed by atoms with Crippen LogP contribution in [-0.4, -0.2) is 47.4 Å². The van der Waals surface area contributed by atoms with Gasteiger partial charge in [-0.15, -0.1) is 0 Å². The minimum Gasteiger partial charge on any atom is -0.466 e. The molecule has 0 aromatic carbocycles. The number of esters is 1. The van der Waals surface area contributed by atoms with E-state index < -0.39 is 12.1 Å². The number of hydrogen-bond donors (Lipinski definition) is 3. The van der Waals surface area contributed by atoms with Crippen LogP contribution in [0.1, 0.15) is 444 Å². The van der Waals surface area contributed by atoms with E-state index in [0.717, 1.165) is 38.5 Å². The lowest BCUT2D eigenvalue weighted by Crippen LogP contribution is -2.45. The number of aliphatic hydroxyl groups excluding tert-OH is 2. The molecule has 0 aliphatic carbocycles. The van der Waals surface area contributed by atoms with Gasteiger partial charge in [0.25, 0.3) is 0 Å². The smallest absolute Gasteiger partial charge is 0.305 e. The van der Waals surface area contributed by atoms with E-state index in [-0.39, 0.29) is 18.5 Å². The number of aliphatic hydroxyl groups is 2. The molecule has 2 atom stereocenters. The molecule has 0 saturated heterocycles. The molecule has 0 aromatic rings. The van der Waals surface area contributed by atoms with Crippen molar-refractivity contribution in [1.82, 2.24) is 5.32 Å². The zero-order chi connectivity index (χ0) is 59.9. The zero-order valence-corrected chi connectivity index (χ0v) is 56.7. The summed E-state index contributed by atoms with van der Waals surface area (Å²) in [4.78, 5) is 24.6. The lowest BCUT2D eigenvalue weighted by atomic mass is 10.0. The minimum atomic E-state index is -0.842. The van der Waals surface area contributed by atoms with Gasteiger partial charge in [-0.05, 0) is 32.1 Å². The number of carbonyl (C=O) groups excluding carboxylic acids is 2. The van der Waals surface area contributed by atoms with Gasteiger partial charge in [-0.3, -0.25) is 9.59 Å². The van der Waals surface area contributed by atoms with Gasteiger partial charge < -0.3 is 20.3 Å². The van der Waals surface area contributed by atoms with Crippen LogP contribution >= 0.6 is 0 Å². The molecular formula is C77H151NO5. The molecule has 1 amide bonds. The Hall–Kier alpha value is -1.40. The summed E-state index contributed by atoms with van der Waals surface area (Å²) < 4.78 is 5.51. The molecule has 0 aliphatic rings. The van der Waals surface area contributed by atoms with Crippen LogP contribution in [0.4, 0.5) is 0 Å². The predicted molar refractivity (Wildman–Crippen MR) is 366 cm³/mol. The Labute approximate surface area is 520 Å². The standard InChI is InChI=1S/C77H151NO5/c1-3-5-7-9-11-13-15-17-19-21-22-34-38-41-45-49-53-57-61-65-69-75(80)74(73-79)78-76(81)70-66-62-58-54-50-46-42-39-35-32-30-28-26-24-23-25-27-29-31-33-36-40-44-48-52-56-60-64-68-72-83-77(82)71-67-63-59-55-51-47-43-37-20-18-16-14-12-10-8-6-4-2/h65,69,74-75,79-80H,3-64,66-68,70-73H2,1-2H3,(H,78,81)/b69-65+. The number of amides is 1. The largest absolute Gasteiger partial charge is 0.466 e. The van der Waals surface area contributed by atoms with Crippen LogP contribution in [-0.2, 0) is 14.3 Å². The molecule has 0 fully saturated rings. The summed E-state index contributed by atoms with van der Waals surface area (Å²) in [5.41, 5.74) is 0. The maximum absolute atomic E-state index is 12.5. The molecule has 6 nitrogen and oxygen atoms in total. The topological polar surface area (TPSA) is 95.9 Å². The Morgan fingerprint density at radius 3 is 0.819 bits per heavy atom. The molecule has 2 unspecified atom stereocenters. The van der Waals surface area contributed by atoms with Crippen LogP contribution in [0.2, 0.25) is 0 Å². The van der Waals surface area contributed by atoms with Crippen LogP contribution in [0, 0.1) is 0 Å². The molecule has 6 heteroatoms. The molecule has 3 N–H and O–H groups in total. The summed E-state index contributed by atoms with van der Waals surface area (Å²) >= 11 is 0. The first-order valence-corrected chi connectivity index (χ1v) is 38.5.